The van der Waals surface area contributed by atoms with Crippen molar-refractivity contribution in [3.8, 4) is 11.5 Å². The first-order valence-corrected chi connectivity index (χ1v) is 9.61. The smallest absolute Gasteiger partial charge is 0.262 e. The average Bonchev–Trinajstić information content (AvgIpc) is 2.77. The first-order chi connectivity index (χ1) is 14.6. The van der Waals surface area contributed by atoms with Crippen molar-refractivity contribution in [1.82, 2.24) is 15.0 Å². The summed E-state index contributed by atoms with van der Waals surface area (Å²) in [5, 5.41) is 0.528. The second-order valence-corrected chi connectivity index (χ2v) is 6.29. The number of aromatic nitrogens is 2. The van der Waals surface area contributed by atoms with Gasteiger partial charge in [0.25, 0.3) is 11.5 Å². The Morgan fingerprint density at radius 2 is 1.97 bits per heavy atom. The minimum atomic E-state index is -0.395. The fourth-order valence-electron chi connectivity index (χ4n) is 2.95. The molecule has 0 aliphatic rings. The second-order valence-electron chi connectivity index (χ2n) is 6.29. The van der Waals surface area contributed by atoms with Gasteiger partial charge in [0.05, 0.1) is 24.6 Å². The Morgan fingerprint density at radius 1 is 1.17 bits per heavy atom. The molecule has 30 heavy (non-hydrogen) atoms. The summed E-state index contributed by atoms with van der Waals surface area (Å²) in [5.41, 5.74) is 6.45. The molecule has 0 unspecified atom stereocenters. The highest BCUT2D eigenvalue weighted by molar-refractivity contribution is 5.92. The van der Waals surface area contributed by atoms with E-state index in [1.54, 1.807) is 43.5 Å². The lowest BCUT2D eigenvalue weighted by molar-refractivity contribution is -0.116. The van der Waals surface area contributed by atoms with E-state index in [-0.39, 0.29) is 11.5 Å². The maximum atomic E-state index is 12.6. The molecular weight excluding hydrogens is 384 g/mol. The molecule has 1 amide bonds. The number of carbonyl (C=O) groups excluding carboxylic acids is 1. The van der Waals surface area contributed by atoms with Gasteiger partial charge in [0, 0.05) is 12.6 Å². The summed E-state index contributed by atoms with van der Waals surface area (Å²) in [7, 11) is 1.57. The van der Waals surface area contributed by atoms with Crippen LogP contribution in [-0.2, 0) is 11.3 Å². The van der Waals surface area contributed by atoms with Gasteiger partial charge in [-0.3, -0.25) is 25.0 Å². The standard InChI is InChI=1S/C22H24N4O4/c1-4-26-21(28)16-8-6-7-9-17(16)23-22(26)25-24-20(27)13-11-15-10-12-18(29-3)19(14-15)30-5-2/h6-14H,4-5H2,1-3H3,(H,23,25)(H,24,27)/b13-11+. The number of hydrazine groups is 1. The first kappa shape index (κ1) is 20.9. The van der Waals surface area contributed by atoms with Crippen LogP contribution in [0.3, 0.4) is 0 Å². The zero-order valence-corrected chi connectivity index (χ0v) is 17.1. The third-order valence-corrected chi connectivity index (χ3v) is 4.39. The topological polar surface area (TPSA) is 94.5 Å². The van der Waals surface area contributed by atoms with Gasteiger partial charge in [-0.2, -0.15) is 0 Å². The Morgan fingerprint density at radius 3 is 2.70 bits per heavy atom. The van der Waals surface area contributed by atoms with Crippen LogP contribution >= 0.6 is 0 Å². The third-order valence-electron chi connectivity index (χ3n) is 4.39. The normalized spacial score (nSPS) is 10.9. The van der Waals surface area contributed by atoms with Crippen molar-refractivity contribution in [1.29, 1.82) is 0 Å². The Kier molecular flexibility index (Phi) is 6.69. The zero-order chi connectivity index (χ0) is 21.5. The Bertz CT molecular complexity index is 1140. The number of nitrogens with one attached hydrogen (secondary N) is 2. The number of nitrogens with zero attached hydrogens (tertiary/aromatic N) is 2. The predicted octanol–water partition coefficient (Wildman–Crippen LogP) is 2.98. The van der Waals surface area contributed by atoms with E-state index in [0.29, 0.717) is 35.6 Å². The molecule has 0 aliphatic heterocycles. The number of hydrogen-bond donors (Lipinski definition) is 2. The van der Waals surface area contributed by atoms with Crippen molar-refractivity contribution < 1.29 is 14.3 Å². The van der Waals surface area contributed by atoms with Crippen LogP contribution in [0.15, 0.2) is 53.3 Å². The van der Waals surface area contributed by atoms with Crippen LogP contribution in [0.2, 0.25) is 0 Å². The molecule has 156 valence electrons. The fourth-order valence-corrected chi connectivity index (χ4v) is 2.95. The maximum absolute atomic E-state index is 12.6. The van der Waals surface area contributed by atoms with Crippen LogP contribution < -0.4 is 25.9 Å². The molecular formula is C22H24N4O4. The van der Waals surface area contributed by atoms with Crippen LogP contribution in [0.25, 0.3) is 17.0 Å². The van der Waals surface area contributed by atoms with Gasteiger partial charge in [0.2, 0.25) is 5.95 Å². The van der Waals surface area contributed by atoms with E-state index in [9.17, 15) is 9.59 Å². The molecule has 0 bridgehead atoms. The van der Waals surface area contributed by atoms with Crippen molar-refractivity contribution in [2.45, 2.75) is 20.4 Å². The lowest BCUT2D eigenvalue weighted by atomic mass is 10.2. The minimum absolute atomic E-state index is 0.169. The molecule has 3 rings (SSSR count). The van der Waals surface area contributed by atoms with Gasteiger partial charge in [-0.15, -0.1) is 0 Å². The summed E-state index contributed by atoms with van der Waals surface area (Å²) >= 11 is 0. The van der Waals surface area contributed by atoms with Gasteiger partial charge in [-0.25, -0.2) is 4.98 Å². The largest absolute Gasteiger partial charge is 0.493 e. The molecule has 0 saturated carbocycles. The van der Waals surface area contributed by atoms with Crippen LogP contribution in [0.1, 0.15) is 19.4 Å². The van der Waals surface area contributed by atoms with Crippen molar-refractivity contribution in [3.05, 3.63) is 64.5 Å². The molecule has 0 fully saturated rings. The van der Waals surface area contributed by atoms with Crippen molar-refractivity contribution in [2.24, 2.45) is 0 Å². The number of amides is 1. The molecule has 8 heteroatoms. The molecule has 0 radical (unpaired) electrons. The van der Waals surface area contributed by atoms with Gasteiger partial charge >= 0.3 is 0 Å². The summed E-state index contributed by atoms with van der Waals surface area (Å²) in [4.78, 5) is 29.3. The zero-order valence-electron chi connectivity index (χ0n) is 17.1. The molecule has 8 nitrogen and oxygen atoms in total. The monoisotopic (exact) mass is 408 g/mol. The highest BCUT2D eigenvalue weighted by Gasteiger charge is 2.10. The second kappa shape index (κ2) is 9.60. The maximum Gasteiger partial charge on any atom is 0.262 e. The van der Waals surface area contributed by atoms with E-state index < -0.39 is 5.91 Å². The molecule has 0 aliphatic carbocycles. The third kappa shape index (κ3) is 4.60. The SMILES string of the molecule is CCOc1cc(/C=C/C(=O)NNc2nc3ccccc3c(=O)n2CC)ccc1OC. The molecule has 0 saturated heterocycles. The molecule has 1 aromatic heterocycles. The Labute approximate surface area is 174 Å². The van der Waals surface area contributed by atoms with Crippen molar-refractivity contribution >= 4 is 28.8 Å². The summed E-state index contributed by atoms with van der Waals surface area (Å²) in [6.45, 7) is 4.64. The molecule has 2 N–H and O–H groups in total. The number of rotatable bonds is 8. The lowest BCUT2D eigenvalue weighted by Gasteiger charge is -2.13. The fraction of sp³-hybridized carbons (Fsp3) is 0.227. The first-order valence-electron chi connectivity index (χ1n) is 9.61. The van der Waals surface area contributed by atoms with E-state index in [1.165, 1.54) is 10.6 Å². The van der Waals surface area contributed by atoms with Gasteiger partial charge in [0.1, 0.15) is 0 Å². The number of methoxy groups -OCH3 is 1. The van der Waals surface area contributed by atoms with Crippen molar-refractivity contribution in [2.75, 3.05) is 19.1 Å². The quantitative estimate of drug-likeness (QED) is 0.440. The highest BCUT2D eigenvalue weighted by Crippen LogP contribution is 2.28. The molecule has 3 aromatic rings. The predicted molar refractivity (Wildman–Crippen MR) is 117 cm³/mol. The highest BCUT2D eigenvalue weighted by atomic mass is 16.5. The van der Waals surface area contributed by atoms with Gasteiger partial charge in [-0.05, 0) is 49.8 Å². The number of fused-ring (bicyclic) bond motifs is 1. The van der Waals surface area contributed by atoms with E-state index in [1.807, 2.05) is 26.0 Å². The van der Waals surface area contributed by atoms with Crippen molar-refractivity contribution in [3.63, 3.8) is 0 Å². The van der Waals surface area contributed by atoms with Gasteiger partial charge < -0.3 is 9.47 Å². The van der Waals surface area contributed by atoms with E-state index in [4.69, 9.17) is 9.47 Å². The van der Waals surface area contributed by atoms with Crippen LogP contribution in [-0.4, -0.2) is 29.2 Å². The summed E-state index contributed by atoms with van der Waals surface area (Å²) in [6, 6.07) is 12.5. The van der Waals surface area contributed by atoms with E-state index in [2.05, 4.69) is 15.8 Å². The number of carbonyl (C=O) groups is 1. The van der Waals surface area contributed by atoms with E-state index >= 15 is 0 Å². The lowest BCUT2D eigenvalue weighted by Crippen LogP contribution is -2.33. The molecule has 2 aromatic carbocycles. The molecule has 0 atom stereocenters. The van der Waals surface area contributed by atoms with Crippen LogP contribution in [0.5, 0.6) is 11.5 Å². The van der Waals surface area contributed by atoms with Gasteiger partial charge in [0.15, 0.2) is 11.5 Å². The minimum Gasteiger partial charge on any atom is -0.493 e. The molecule has 1 heterocycles. The van der Waals surface area contributed by atoms with E-state index in [0.717, 1.165) is 5.56 Å². The summed E-state index contributed by atoms with van der Waals surface area (Å²) in [6.07, 6.45) is 3.03. The van der Waals surface area contributed by atoms with Gasteiger partial charge in [-0.1, -0.05) is 18.2 Å². The Hall–Kier alpha value is -3.81. The Balaban J connectivity index is 1.73. The summed E-state index contributed by atoms with van der Waals surface area (Å²) in [5.74, 6) is 1.10. The molecule has 0 spiro atoms. The average molecular weight is 408 g/mol. The summed E-state index contributed by atoms with van der Waals surface area (Å²) < 4.78 is 12.3. The van der Waals surface area contributed by atoms with Crippen LogP contribution in [0, 0.1) is 0 Å². The number of hydrogen-bond acceptors (Lipinski definition) is 6. The number of benzene rings is 2. The number of para-hydroxylation sites is 1. The number of anilines is 1. The number of ether oxygens (including phenoxy) is 2. The van der Waals surface area contributed by atoms with Crippen LogP contribution in [0.4, 0.5) is 5.95 Å².